The summed E-state index contributed by atoms with van der Waals surface area (Å²) in [5.41, 5.74) is 2.12. The molecular weight excluding hydrogens is 368 g/mol. The van der Waals surface area contributed by atoms with Gasteiger partial charge in [-0.15, -0.1) is 11.8 Å². The van der Waals surface area contributed by atoms with Gasteiger partial charge in [0.15, 0.2) is 12.1 Å². The molecule has 0 aliphatic carbocycles. The largest absolute Gasteiger partial charge is 0.387 e. The number of aliphatic hydroxyl groups excluding tert-OH is 1. The molecule has 5 rings (SSSR count). The highest BCUT2D eigenvalue weighted by molar-refractivity contribution is 8.00. The van der Waals surface area contributed by atoms with E-state index in [0.29, 0.717) is 12.3 Å². The molecule has 1 aromatic carbocycles. The van der Waals surface area contributed by atoms with E-state index in [9.17, 15) is 9.90 Å². The number of H-pyrrole nitrogens is 1. The second-order valence-corrected chi connectivity index (χ2v) is 8.70. The lowest BCUT2D eigenvalue weighted by molar-refractivity contribution is -0.216. The Kier molecular flexibility index (Phi) is 4.03. The predicted octanol–water partition coefficient (Wildman–Crippen LogP) is 1.98. The van der Waals surface area contributed by atoms with Crippen LogP contribution in [0.5, 0.6) is 0 Å². The predicted molar refractivity (Wildman–Crippen MR) is 99.9 cm³/mol. The van der Waals surface area contributed by atoms with Crippen LogP contribution in [0.2, 0.25) is 0 Å². The Balaban J connectivity index is 1.37. The number of nitrogens with zero attached hydrogens (tertiary/aromatic N) is 1. The van der Waals surface area contributed by atoms with E-state index in [1.165, 1.54) is 0 Å². The number of para-hydroxylation sites is 1. The second-order valence-electron chi connectivity index (χ2n) is 7.63. The molecule has 5 atom stereocenters. The number of thioether (sulfide) groups is 1. The SMILES string of the molecule is CC1(C)O[C@H]2O[C@H](CN3C(=O)CS[C@@H]3c3c[nH]c4ccccc34)[C@H](O)[C@H]2O1. The Morgan fingerprint density at radius 2 is 2.15 bits per heavy atom. The summed E-state index contributed by atoms with van der Waals surface area (Å²) in [6.45, 7) is 3.89. The summed E-state index contributed by atoms with van der Waals surface area (Å²) in [6.07, 6.45) is -0.535. The molecule has 3 aliphatic rings. The molecule has 0 saturated carbocycles. The van der Waals surface area contributed by atoms with Crippen LogP contribution in [0.3, 0.4) is 0 Å². The first-order valence-corrected chi connectivity index (χ1v) is 10.1. The number of rotatable bonds is 3. The van der Waals surface area contributed by atoms with Crippen LogP contribution in [-0.2, 0) is 19.0 Å². The lowest BCUT2D eigenvalue weighted by Gasteiger charge is -2.29. The van der Waals surface area contributed by atoms with E-state index >= 15 is 0 Å². The Bertz CT molecular complexity index is 884. The van der Waals surface area contributed by atoms with Crippen LogP contribution in [0.4, 0.5) is 0 Å². The zero-order valence-electron chi connectivity index (χ0n) is 15.1. The molecule has 2 aromatic rings. The molecule has 1 aromatic heterocycles. The third-order valence-electron chi connectivity index (χ3n) is 5.35. The van der Waals surface area contributed by atoms with Crippen LogP contribution in [-0.4, -0.2) is 63.6 Å². The fourth-order valence-electron chi connectivity index (χ4n) is 4.11. The molecule has 0 bridgehead atoms. The molecule has 0 unspecified atom stereocenters. The summed E-state index contributed by atoms with van der Waals surface area (Å²) in [6, 6.07) is 8.05. The third kappa shape index (κ3) is 2.87. The number of carbonyl (C=O) groups excluding carboxylic acids is 1. The molecular formula is C19H22N2O5S. The molecule has 0 radical (unpaired) electrons. The van der Waals surface area contributed by atoms with E-state index < -0.39 is 30.4 Å². The average molecular weight is 390 g/mol. The number of aromatic nitrogens is 1. The van der Waals surface area contributed by atoms with Crippen molar-refractivity contribution in [3.8, 4) is 0 Å². The maximum Gasteiger partial charge on any atom is 0.233 e. The Morgan fingerprint density at radius 3 is 2.96 bits per heavy atom. The van der Waals surface area contributed by atoms with Gasteiger partial charge in [-0.3, -0.25) is 4.79 Å². The molecule has 0 spiro atoms. The molecule has 3 fully saturated rings. The zero-order chi connectivity index (χ0) is 18.8. The maximum atomic E-state index is 12.6. The normalized spacial score (nSPS) is 35.3. The van der Waals surface area contributed by atoms with Gasteiger partial charge in [-0.05, 0) is 19.9 Å². The number of amides is 1. The average Bonchev–Trinajstić information content (AvgIpc) is 3.34. The van der Waals surface area contributed by atoms with Crippen molar-refractivity contribution in [2.24, 2.45) is 0 Å². The van der Waals surface area contributed by atoms with Gasteiger partial charge in [0.1, 0.15) is 23.7 Å². The molecule has 144 valence electrons. The second kappa shape index (κ2) is 6.22. The van der Waals surface area contributed by atoms with E-state index in [0.717, 1.165) is 16.5 Å². The van der Waals surface area contributed by atoms with Crippen molar-refractivity contribution in [2.75, 3.05) is 12.3 Å². The standard InChI is InChI=1S/C19H22N2O5S/c1-19(2)25-16-15(23)13(24-18(16)26-19)8-21-14(22)9-27-17(21)11-7-20-12-6-4-3-5-10(11)12/h3-7,13,15-18,20,23H,8-9H2,1-2H3/t13-,15+,16-,17-,18-/m1/s1. The Hall–Kier alpha value is -1.58. The maximum absolute atomic E-state index is 12.6. The number of fused-ring (bicyclic) bond motifs is 2. The van der Waals surface area contributed by atoms with E-state index in [1.807, 2.05) is 24.4 Å². The minimum Gasteiger partial charge on any atom is -0.387 e. The summed E-state index contributed by atoms with van der Waals surface area (Å²) in [5.74, 6) is -0.308. The smallest absolute Gasteiger partial charge is 0.233 e. The van der Waals surface area contributed by atoms with Crippen LogP contribution < -0.4 is 0 Å². The Morgan fingerprint density at radius 1 is 1.33 bits per heavy atom. The minimum atomic E-state index is -0.834. The molecule has 2 N–H and O–H groups in total. The fourth-order valence-corrected chi connectivity index (χ4v) is 5.33. The molecule has 3 saturated heterocycles. The number of hydrogen-bond donors (Lipinski definition) is 2. The monoisotopic (exact) mass is 390 g/mol. The first-order valence-electron chi connectivity index (χ1n) is 9.09. The fraction of sp³-hybridized carbons (Fsp3) is 0.526. The Labute approximate surface area is 160 Å². The van der Waals surface area contributed by atoms with Crippen LogP contribution in [0.15, 0.2) is 30.5 Å². The molecule has 27 heavy (non-hydrogen) atoms. The highest BCUT2D eigenvalue weighted by atomic mass is 32.2. The van der Waals surface area contributed by atoms with E-state index in [4.69, 9.17) is 14.2 Å². The number of benzene rings is 1. The van der Waals surface area contributed by atoms with Crippen LogP contribution in [0.1, 0.15) is 24.8 Å². The van der Waals surface area contributed by atoms with Crippen molar-refractivity contribution in [1.82, 2.24) is 9.88 Å². The van der Waals surface area contributed by atoms with Gasteiger partial charge in [-0.25, -0.2) is 0 Å². The number of nitrogens with one attached hydrogen (secondary N) is 1. The van der Waals surface area contributed by atoms with Crippen molar-refractivity contribution >= 4 is 28.6 Å². The molecule has 3 aliphatic heterocycles. The van der Waals surface area contributed by atoms with Crippen molar-refractivity contribution in [2.45, 2.75) is 49.6 Å². The van der Waals surface area contributed by atoms with Crippen molar-refractivity contribution in [3.63, 3.8) is 0 Å². The number of ether oxygens (including phenoxy) is 3. The van der Waals surface area contributed by atoms with Gasteiger partial charge in [0.05, 0.1) is 12.3 Å². The van der Waals surface area contributed by atoms with Crippen LogP contribution >= 0.6 is 11.8 Å². The van der Waals surface area contributed by atoms with E-state index in [2.05, 4.69) is 11.1 Å². The van der Waals surface area contributed by atoms with Gasteiger partial charge < -0.3 is 29.2 Å². The quantitative estimate of drug-likeness (QED) is 0.834. The van der Waals surface area contributed by atoms with Gasteiger partial charge in [0, 0.05) is 22.7 Å². The topological polar surface area (TPSA) is 84.0 Å². The first-order chi connectivity index (χ1) is 12.9. The number of carbonyl (C=O) groups is 1. The lowest BCUT2D eigenvalue weighted by Crippen LogP contribution is -2.43. The molecule has 1 amide bonds. The lowest BCUT2D eigenvalue weighted by atomic mass is 10.1. The summed E-state index contributed by atoms with van der Waals surface area (Å²) < 4.78 is 17.3. The van der Waals surface area contributed by atoms with Gasteiger partial charge in [-0.2, -0.15) is 0 Å². The molecule has 4 heterocycles. The summed E-state index contributed by atoms with van der Waals surface area (Å²) >= 11 is 1.59. The zero-order valence-corrected chi connectivity index (χ0v) is 15.9. The summed E-state index contributed by atoms with van der Waals surface area (Å²) in [5, 5.41) is 11.6. The highest BCUT2D eigenvalue weighted by Crippen LogP contribution is 2.43. The van der Waals surface area contributed by atoms with Crippen molar-refractivity contribution < 1.29 is 24.1 Å². The van der Waals surface area contributed by atoms with E-state index in [-0.39, 0.29) is 11.3 Å². The number of aromatic amines is 1. The van der Waals surface area contributed by atoms with E-state index in [1.54, 1.807) is 30.5 Å². The number of hydrogen-bond acceptors (Lipinski definition) is 6. The van der Waals surface area contributed by atoms with Gasteiger partial charge in [0.25, 0.3) is 0 Å². The molecule has 7 nitrogen and oxygen atoms in total. The van der Waals surface area contributed by atoms with Gasteiger partial charge in [0.2, 0.25) is 5.91 Å². The highest BCUT2D eigenvalue weighted by Gasteiger charge is 2.55. The van der Waals surface area contributed by atoms with Crippen LogP contribution in [0.25, 0.3) is 10.9 Å². The van der Waals surface area contributed by atoms with Gasteiger partial charge >= 0.3 is 0 Å². The van der Waals surface area contributed by atoms with Crippen LogP contribution in [0, 0.1) is 0 Å². The van der Waals surface area contributed by atoms with Gasteiger partial charge in [-0.1, -0.05) is 18.2 Å². The van der Waals surface area contributed by atoms with Crippen molar-refractivity contribution in [3.05, 3.63) is 36.0 Å². The van der Waals surface area contributed by atoms with Crippen molar-refractivity contribution in [1.29, 1.82) is 0 Å². The molecule has 8 heteroatoms. The summed E-state index contributed by atoms with van der Waals surface area (Å²) in [4.78, 5) is 17.6. The minimum absolute atomic E-state index is 0.0466. The third-order valence-corrected chi connectivity index (χ3v) is 6.58. The summed E-state index contributed by atoms with van der Waals surface area (Å²) in [7, 11) is 0. The number of aliphatic hydroxyl groups is 1. The first kappa shape index (κ1) is 17.5.